The van der Waals surface area contributed by atoms with Gasteiger partial charge in [-0.1, -0.05) is 26.0 Å². The predicted octanol–water partition coefficient (Wildman–Crippen LogP) is 4.36. The van der Waals surface area contributed by atoms with E-state index < -0.39 is 89.9 Å². The molecule has 0 radical (unpaired) electrons. The Labute approximate surface area is 415 Å². The monoisotopic (exact) mass is 987 g/mol. The third-order valence-electron chi connectivity index (χ3n) is 15.7. The summed E-state index contributed by atoms with van der Waals surface area (Å²) in [5.41, 5.74) is -1.60. The highest BCUT2D eigenvalue weighted by Gasteiger charge is 2.52. The number of likely N-dealkylation sites (N-methyl/N-ethyl adjacent to an activating group) is 2. The molecular formula is C51H86N8O11. The van der Waals surface area contributed by atoms with E-state index >= 15 is 0 Å². The van der Waals surface area contributed by atoms with E-state index in [0.717, 1.165) is 55.8 Å². The number of hydrogen-bond acceptors (Lipinski definition) is 17. The van der Waals surface area contributed by atoms with Gasteiger partial charge in [-0.25, -0.2) is 9.97 Å². The van der Waals surface area contributed by atoms with Gasteiger partial charge in [-0.05, 0) is 113 Å². The van der Waals surface area contributed by atoms with E-state index in [-0.39, 0.29) is 37.3 Å². The highest BCUT2D eigenvalue weighted by molar-refractivity contribution is 5.73. The van der Waals surface area contributed by atoms with Crippen molar-refractivity contribution in [2.45, 2.75) is 218 Å². The minimum Gasteiger partial charge on any atom is -0.459 e. The molecule has 0 unspecified atom stereocenters. The summed E-state index contributed by atoms with van der Waals surface area (Å²) in [5.74, 6) is -2.43. The van der Waals surface area contributed by atoms with E-state index in [1.165, 1.54) is 14.0 Å². The van der Waals surface area contributed by atoms with Gasteiger partial charge in [0.1, 0.15) is 29.4 Å². The fourth-order valence-electron chi connectivity index (χ4n) is 11.3. The Hall–Kier alpha value is -3.21. The maximum atomic E-state index is 14.5. The second-order valence-corrected chi connectivity index (χ2v) is 21.8. The third kappa shape index (κ3) is 13.3. The molecule has 396 valence electrons. The van der Waals surface area contributed by atoms with Gasteiger partial charge in [0.15, 0.2) is 18.2 Å². The average molecular weight is 987 g/mol. The van der Waals surface area contributed by atoms with Gasteiger partial charge < -0.3 is 63.2 Å². The number of cyclic esters (lactones) is 1. The Balaban J connectivity index is 1.19. The van der Waals surface area contributed by atoms with Crippen LogP contribution >= 0.6 is 0 Å². The van der Waals surface area contributed by atoms with E-state index in [1.807, 2.05) is 69.0 Å². The smallest absolute Gasteiger partial charge is 0.311 e. The number of fused-ring (bicyclic) bond motifs is 1. The number of methoxy groups -OCH3 is 1. The number of rotatable bonds is 15. The molecule has 3 saturated heterocycles. The molecule has 3 aliphatic heterocycles. The Bertz CT molecular complexity index is 2110. The molecular weight excluding hydrogens is 901 g/mol. The topological polar surface area (TPSA) is 221 Å². The van der Waals surface area contributed by atoms with Gasteiger partial charge in [-0.15, -0.1) is 5.10 Å². The number of hydrogen-bond donors (Lipinski definition) is 4. The lowest BCUT2D eigenvalue weighted by Crippen LogP contribution is -2.59. The summed E-state index contributed by atoms with van der Waals surface area (Å²) in [4.78, 5) is 27.7. The molecule has 3 aromatic heterocycles. The third-order valence-corrected chi connectivity index (χ3v) is 15.7. The zero-order chi connectivity index (χ0) is 51.3. The van der Waals surface area contributed by atoms with Gasteiger partial charge in [-0.2, -0.15) is 0 Å². The molecule has 6 heterocycles. The van der Waals surface area contributed by atoms with Crippen LogP contribution in [0.25, 0.3) is 11.2 Å². The number of aryl methyl sites for hydroxylation is 2. The highest BCUT2D eigenvalue weighted by atomic mass is 16.7. The molecule has 0 aromatic carbocycles. The number of aliphatic hydroxyl groups is 4. The second kappa shape index (κ2) is 23.8. The lowest BCUT2D eigenvalue weighted by molar-refractivity contribution is -0.308. The number of carbonyl (C=O) groups excluding carboxylic acids is 1. The van der Waals surface area contributed by atoms with E-state index in [0.29, 0.717) is 19.4 Å². The van der Waals surface area contributed by atoms with Crippen LogP contribution < -0.4 is 0 Å². The number of carbonyl (C=O) groups is 1. The molecule has 0 bridgehead atoms. The molecule has 0 spiro atoms. The van der Waals surface area contributed by atoms with Gasteiger partial charge in [0.2, 0.25) is 0 Å². The normalized spacial score (nSPS) is 38.9. The quantitative estimate of drug-likeness (QED) is 0.123. The predicted molar refractivity (Wildman–Crippen MR) is 262 cm³/mol. The van der Waals surface area contributed by atoms with Crippen LogP contribution in [0.3, 0.4) is 0 Å². The van der Waals surface area contributed by atoms with Crippen molar-refractivity contribution in [3.8, 4) is 0 Å². The van der Waals surface area contributed by atoms with Crippen molar-refractivity contribution in [3.63, 3.8) is 0 Å². The zero-order valence-electron chi connectivity index (χ0n) is 44.2. The number of aromatic nitrogens is 6. The standard InChI is InChI=1S/C51H86N8O11/c1-14-40-51(10,64)44(60)35(6)57(12)28-31(2)26-49(8,63)46(33(4)43(34(5)48(62)68-40)69-42-27-50(9,65-13)45(61)36(7)67-42)70-41-25-38(24-32(3)66-41)56(11)23-19-37-29-59(55-54-37)22-16-15-21-58-30-53-39-18-17-20-52-47(39)58/h17-18,20,29-36,38,40-46,60-61,63-64H,14-16,19,21-28H2,1-13H3/t31-,32-,33+,34-,35-,36+,38+,40-,41+,42+,43+,44-,45+,46-,49-,50-,51-/m1/s1. The molecule has 19 heteroatoms. The Morgan fingerprint density at radius 1 is 0.943 bits per heavy atom. The van der Waals surface area contributed by atoms with Crippen LogP contribution in [-0.2, 0) is 52.7 Å². The van der Waals surface area contributed by atoms with E-state index in [2.05, 4.69) is 36.8 Å². The van der Waals surface area contributed by atoms with Crippen molar-refractivity contribution in [1.29, 1.82) is 0 Å². The number of ether oxygens (including phenoxy) is 6. The van der Waals surface area contributed by atoms with Crippen molar-refractivity contribution < 1.29 is 53.6 Å². The van der Waals surface area contributed by atoms with Crippen molar-refractivity contribution in [3.05, 3.63) is 36.5 Å². The second-order valence-electron chi connectivity index (χ2n) is 21.8. The maximum absolute atomic E-state index is 14.5. The molecule has 4 N–H and O–H groups in total. The first kappa shape index (κ1) is 56.1. The van der Waals surface area contributed by atoms with E-state index in [4.69, 9.17) is 28.4 Å². The molecule has 0 amide bonds. The Morgan fingerprint density at radius 2 is 1.67 bits per heavy atom. The van der Waals surface area contributed by atoms with Crippen LogP contribution in [0.2, 0.25) is 0 Å². The molecule has 17 atom stereocenters. The van der Waals surface area contributed by atoms with Crippen LogP contribution in [0.5, 0.6) is 0 Å². The molecule has 3 fully saturated rings. The molecule has 3 aliphatic rings. The number of esters is 1. The minimum absolute atomic E-state index is 0.0792. The summed E-state index contributed by atoms with van der Waals surface area (Å²) >= 11 is 0. The largest absolute Gasteiger partial charge is 0.459 e. The molecule has 0 saturated carbocycles. The lowest BCUT2D eigenvalue weighted by atomic mass is 9.77. The summed E-state index contributed by atoms with van der Waals surface area (Å²) in [5, 5.41) is 56.4. The molecule has 19 nitrogen and oxygen atoms in total. The fourth-order valence-corrected chi connectivity index (χ4v) is 11.3. The number of unbranched alkanes of at least 4 members (excludes halogenated alkanes) is 1. The van der Waals surface area contributed by atoms with Gasteiger partial charge in [-0.3, -0.25) is 9.48 Å². The van der Waals surface area contributed by atoms with Crippen LogP contribution in [0.1, 0.15) is 120 Å². The molecule has 70 heavy (non-hydrogen) atoms. The van der Waals surface area contributed by atoms with Gasteiger partial charge in [0.25, 0.3) is 0 Å². The van der Waals surface area contributed by atoms with Crippen LogP contribution in [0.15, 0.2) is 30.9 Å². The molecule has 3 aromatic rings. The van der Waals surface area contributed by atoms with Crippen molar-refractivity contribution >= 4 is 17.1 Å². The summed E-state index contributed by atoms with van der Waals surface area (Å²) in [6.07, 6.45) is 2.56. The first-order valence-electron chi connectivity index (χ1n) is 25.7. The number of imidazole rings is 1. The molecule has 6 rings (SSSR count). The van der Waals surface area contributed by atoms with Crippen LogP contribution in [0, 0.1) is 17.8 Å². The molecule has 0 aliphatic carbocycles. The zero-order valence-corrected chi connectivity index (χ0v) is 44.2. The van der Waals surface area contributed by atoms with Crippen LogP contribution in [-0.4, -0.2) is 184 Å². The Morgan fingerprint density at radius 3 is 2.39 bits per heavy atom. The summed E-state index contributed by atoms with van der Waals surface area (Å²) in [6.45, 7) is 20.9. The number of pyridine rings is 1. The first-order chi connectivity index (χ1) is 33.0. The van der Waals surface area contributed by atoms with E-state index in [1.54, 1.807) is 40.8 Å². The summed E-state index contributed by atoms with van der Waals surface area (Å²) in [7, 11) is 5.51. The highest BCUT2D eigenvalue weighted by Crippen LogP contribution is 2.40. The number of nitrogens with zero attached hydrogens (tertiary/aromatic N) is 8. The summed E-state index contributed by atoms with van der Waals surface area (Å²) in [6, 6.07) is 3.41. The average Bonchev–Trinajstić information content (AvgIpc) is 3.96. The van der Waals surface area contributed by atoms with Crippen molar-refractivity contribution in [2.75, 3.05) is 34.3 Å². The van der Waals surface area contributed by atoms with Crippen molar-refractivity contribution in [1.82, 2.24) is 39.3 Å². The lowest BCUT2D eigenvalue weighted by Gasteiger charge is -2.48. The van der Waals surface area contributed by atoms with Gasteiger partial charge in [0.05, 0.1) is 53.6 Å². The van der Waals surface area contributed by atoms with Crippen molar-refractivity contribution in [2.24, 2.45) is 17.8 Å². The minimum atomic E-state index is -1.80. The SMILES string of the molecule is CC[C@H]1OC(=O)[C@H](C)[C@@H](O[C@H]2C[C@@](C)(OC)[C@@H](O)[C@H](C)O2)[C@H](C)[C@@H](O[C@H]2C[C@@H](N(C)CCc3cn(CCCCn4cnc5cccnc54)nn3)C[C@@H](C)O2)[C@](C)(O)C[C@@H](C)CN(C)[C@H](C)[C@@H](O)[C@]1(C)O. The summed E-state index contributed by atoms with van der Waals surface area (Å²) < 4.78 is 42.7. The van der Waals surface area contributed by atoms with E-state index in [9.17, 15) is 25.2 Å². The Kier molecular flexibility index (Phi) is 19.0. The first-order valence-corrected chi connectivity index (χ1v) is 25.7. The maximum Gasteiger partial charge on any atom is 0.311 e. The van der Waals surface area contributed by atoms with Crippen LogP contribution in [0.4, 0.5) is 0 Å². The van der Waals surface area contributed by atoms with Gasteiger partial charge in [0, 0.05) is 82.9 Å². The number of aliphatic hydroxyl groups excluding tert-OH is 2. The van der Waals surface area contributed by atoms with Gasteiger partial charge >= 0.3 is 5.97 Å². The fraction of sp³-hybridized carbons (Fsp3) is 0.824.